The number of carbonyl (C=O) groups is 1. The number of hydrogen-bond acceptors (Lipinski definition) is 5. The Balaban J connectivity index is 1.43. The molecule has 9 heteroatoms. The molecule has 0 spiro atoms. The number of pyridine rings is 1. The second-order valence-electron chi connectivity index (χ2n) is 7.36. The quantitative estimate of drug-likeness (QED) is 0.574. The molecule has 0 aliphatic carbocycles. The minimum absolute atomic E-state index is 0.0392. The number of likely N-dealkylation sites (tertiary alicyclic amines) is 1. The fraction of sp³-hybridized carbons (Fsp3) is 0.368. The van der Waals surface area contributed by atoms with Gasteiger partial charge in [-0.1, -0.05) is 6.07 Å². The van der Waals surface area contributed by atoms with Crippen molar-refractivity contribution >= 4 is 33.2 Å². The van der Waals surface area contributed by atoms with E-state index in [4.69, 9.17) is 0 Å². The minimum atomic E-state index is -0.480. The number of halogens is 1. The van der Waals surface area contributed by atoms with Crippen molar-refractivity contribution in [3.8, 4) is 0 Å². The van der Waals surface area contributed by atoms with Crippen molar-refractivity contribution in [2.24, 2.45) is 5.92 Å². The number of rotatable bonds is 4. The Kier molecular flexibility index (Phi) is 5.03. The molecule has 146 valence electrons. The predicted octanol–water partition coefficient (Wildman–Crippen LogP) is 2.58. The molecular weight excluding hydrogens is 428 g/mol. The van der Waals surface area contributed by atoms with Crippen molar-refractivity contribution < 1.29 is 9.72 Å². The maximum atomic E-state index is 12.5. The van der Waals surface area contributed by atoms with Gasteiger partial charge in [0.25, 0.3) is 11.2 Å². The lowest BCUT2D eigenvalue weighted by Gasteiger charge is -2.42. The van der Waals surface area contributed by atoms with Gasteiger partial charge in [-0.2, -0.15) is 0 Å². The maximum absolute atomic E-state index is 12.5. The minimum Gasteiger partial charge on any atom is -0.324 e. The van der Waals surface area contributed by atoms with Crippen LogP contribution in [0.2, 0.25) is 0 Å². The Morgan fingerprint density at radius 1 is 1.25 bits per heavy atom. The first-order valence-electron chi connectivity index (χ1n) is 9.06. The second kappa shape index (κ2) is 7.48. The van der Waals surface area contributed by atoms with E-state index in [-0.39, 0.29) is 29.6 Å². The number of hydrogen-bond donors (Lipinski definition) is 1. The van der Waals surface area contributed by atoms with Crippen LogP contribution in [0.5, 0.6) is 0 Å². The Bertz CT molecular complexity index is 1010. The predicted molar refractivity (Wildman–Crippen MR) is 107 cm³/mol. The first-order valence-corrected chi connectivity index (χ1v) is 9.86. The number of nitrogens with one attached hydrogen (secondary N) is 1. The van der Waals surface area contributed by atoms with Crippen LogP contribution < -0.4 is 10.9 Å². The summed E-state index contributed by atoms with van der Waals surface area (Å²) < 4.78 is 2.34. The number of nitro benzene ring substituents is 1. The monoisotopic (exact) mass is 446 g/mol. The third kappa shape index (κ3) is 3.72. The Morgan fingerprint density at radius 3 is 2.82 bits per heavy atom. The zero-order chi connectivity index (χ0) is 19.8. The van der Waals surface area contributed by atoms with E-state index in [0.717, 1.165) is 25.2 Å². The second-order valence-corrected chi connectivity index (χ2v) is 8.22. The molecule has 2 aromatic rings. The van der Waals surface area contributed by atoms with Crippen molar-refractivity contribution in [2.75, 3.05) is 25.0 Å². The average molecular weight is 447 g/mol. The Hall–Kier alpha value is -2.52. The van der Waals surface area contributed by atoms with E-state index in [9.17, 15) is 19.7 Å². The van der Waals surface area contributed by atoms with Crippen LogP contribution in [-0.2, 0) is 11.3 Å². The smallest absolute Gasteiger partial charge is 0.270 e. The highest BCUT2D eigenvalue weighted by atomic mass is 79.9. The topological polar surface area (TPSA) is 97.5 Å². The van der Waals surface area contributed by atoms with Gasteiger partial charge in [-0.05, 0) is 40.4 Å². The van der Waals surface area contributed by atoms with E-state index < -0.39 is 4.92 Å². The Morgan fingerprint density at radius 2 is 2.07 bits per heavy atom. The van der Waals surface area contributed by atoms with Crippen LogP contribution in [0.3, 0.4) is 0 Å². The average Bonchev–Trinajstić information content (AvgIpc) is 2.64. The number of aromatic nitrogens is 1. The van der Waals surface area contributed by atoms with E-state index in [2.05, 4.69) is 26.1 Å². The number of non-ortho nitro benzene ring substituents is 1. The normalized spacial score (nSPS) is 21.0. The third-order valence-corrected chi connectivity index (χ3v) is 6.02. The number of carbonyl (C=O) groups excluding carboxylic acids is 1. The summed E-state index contributed by atoms with van der Waals surface area (Å²) in [6.45, 7) is 2.44. The summed E-state index contributed by atoms with van der Waals surface area (Å²) in [6, 6.07) is 9.65. The molecule has 1 aromatic heterocycles. The van der Waals surface area contributed by atoms with E-state index in [1.165, 1.54) is 18.2 Å². The first-order chi connectivity index (χ1) is 13.4. The molecule has 1 amide bonds. The number of fused-ring (bicyclic) bond motifs is 4. The van der Waals surface area contributed by atoms with Gasteiger partial charge in [-0.15, -0.1) is 0 Å². The molecule has 2 atom stereocenters. The molecule has 2 aliphatic heterocycles. The van der Waals surface area contributed by atoms with Gasteiger partial charge in [0.2, 0.25) is 5.91 Å². The van der Waals surface area contributed by atoms with Crippen LogP contribution in [0.1, 0.15) is 18.0 Å². The molecule has 1 fully saturated rings. The molecule has 0 unspecified atom stereocenters. The van der Waals surface area contributed by atoms with Gasteiger partial charge in [0.05, 0.1) is 17.2 Å². The van der Waals surface area contributed by atoms with Gasteiger partial charge < -0.3 is 9.88 Å². The van der Waals surface area contributed by atoms with E-state index in [1.807, 2.05) is 10.6 Å². The van der Waals surface area contributed by atoms with Crippen molar-refractivity contribution in [3.63, 3.8) is 0 Å². The van der Waals surface area contributed by atoms with Gasteiger partial charge in [-0.25, -0.2) is 0 Å². The van der Waals surface area contributed by atoms with Gasteiger partial charge >= 0.3 is 0 Å². The van der Waals surface area contributed by atoms with Crippen molar-refractivity contribution in [2.45, 2.75) is 18.9 Å². The van der Waals surface area contributed by atoms with E-state index in [0.29, 0.717) is 22.6 Å². The lowest BCUT2D eigenvalue weighted by molar-refractivity contribution is -0.384. The number of anilines is 1. The number of benzene rings is 1. The van der Waals surface area contributed by atoms with Crippen LogP contribution in [-0.4, -0.2) is 39.9 Å². The van der Waals surface area contributed by atoms with Crippen molar-refractivity contribution in [1.82, 2.24) is 9.47 Å². The van der Waals surface area contributed by atoms with Crippen molar-refractivity contribution in [1.29, 1.82) is 0 Å². The van der Waals surface area contributed by atoms with Crippen LogP contribution in [0, 0.1) is 16.0 Å². The molecule has 0 radical (unpaired) electrons. The molecule has 1 saturated heterocycles. The van der Waals surface area contributed by atoms with Crippen LogP contribution in [0.25, 0.3) is 0 Å². The summed E-state index contributed by atoms with van der Waals surface area (Å²) in [6.07, 6.45) is 1.04. The summed E-state index contributed by atoms with van der Waals surface area (Å²) in [5, 5.41) is 13.6. The number of nitrogens with zero attached hydrogens (tertiary/aromatic N) is 3. The number of amides is 1. The third-order valence-electron chi connectivity index (χ3n) is 5.36. The van der Waals surface area contributed by atoms with Crippen LogP contribution in [0.4, 0.5) is 11.4 Å². The fourth-order valence-corrected chi connectivity index (χ4v) is 4.70. The summed E-state index contributed by atoms with van der Waals surface area (Å²) >= 11 is 3.27. The van der Waals surface area contributed by atoms with Gasteiger partial charge in [0, 0.05) is 53.9 Å². The SMILES string of the molecule is O=C(CN1C[C@H]2C[C@H](C1)c1cccc(=O)n1C2)Nc1ccc([N+](=O)[O-])cc1Br. The molecule has 3 heterocycles. The molecule has 1 aromatic carbocycles. The van der Waals surface area contributed by atoms with Crippen LogP contribution >= 0.6 is 15.9 Å². The highest BCUT2D eigenvalue weighted by molar-refractivity contribution is 9.10. The molecule has 2 bridgehead atoms. The van der Waals surface area contributed by atoms with Gasteiger partial charge in [0.1, 0.15) is 0 Å². The lowest BCUT2D eigenvalue weighted by Crippen LogP contribution is -2.49. The number of nitro groups is 1. The fourth-order valence-electron chi connectivity index (χ4n) is 4.24. The summed E-state index contributed by atoms with van der Waals surface area (Å²) in [5.74, 6) is 0.436. The molecule has 28 heavy (non-hydrogen) atoms. The van der Waals surface area contributed by atoms with Crippen molar-refractivity contribution in [3.05, 3.63) is 67.0 Å². The molecule has 1 N–H and O–H groups in total. The zero-order valence-electron chi connectivity index (χ0n) is 15.0. The molecule has 4 rings (SSSR count). The van der Waals surface area contributed by atoms with Gasteiger partial charge in [-0.3, -0.25) is 24.6 Å². The first kappa shape index (κ1) is 18.8. The summed E-state index contributed by atoms with van der Waals surface area (Å²) in [7, 11) is 0. The van der Waals surface area contributed by atoms with Crippen LogP contribution in [0.15, 0.2) is 45.7 Å². The van der Waals surface area contributed by atoms with E-state index in [1.54, 1.807) is 12.1 Å². The molecular formula is C19H19BrN4O4. The standard InChI is InChI=1S/C19H19BrN4O4/c20-15-7-14(24(27)28)4-5-16(15)21-18(25)11-22-8-12-6-13(10-22)17-2-1-3-19(26)23(17)9-12/h1-5,7,12-13H,6,8-11H2,(H,21,25)/t12-,13-/m1/s1. The maximum Gasteiger partial charge on any atom is 0.270 e. The molecule has 2 aliphatic rings. The largest absolute Gasteiger partial charge is 0.324 e. The van der Waals surface area contributed by atoms with E-state index >= 15 is 0 Å². The molecule has 8 nitrogen and oxygen atoms in total. The Labute approximate surface area is 169 Å². The summed E-state index contributed by atoms with van der Waals surface area (Å²) in [4.78, 5) is 37.1. The molecule has 0 saturated carbocycles. The zero-order valence-corrected chi connectivity index (χ0v) is 16.6. The highest BCUT2D eigenvalue weighted by Gasteiger charge is 2.34. The van der Waals surface area contributed by atoms with Gasteiger partial charge in [0.15, 0.2) is 0 Å². The summed E-state index contributed by atoms with van der Waals surface area (Å²) in [5.41, 5.74) is 1.56. The lowest BCUT2D eigenvalue weighted by atomic mass is 9.83. The number of piperidine rings is 1. The highest BCUT2D eigenvalue weighted by Crippen LogP contribution is 2.35.